The molecule has 0 spiro atoms. The first-order valence-electron chi connectivity index (χ1n) is 5.27. The molecule has 7 heteroatoms. The normalized spacial score (nSPS) is 10.8. The van der Waals surface area contributed by atoms with Gasteiger partial charge in [-0.25, -0.2) is 0 Å². The molecular formula is C12H9Br2F2NO2. The van der Waals surface area contributed by atoms with Crippen LogP contribution in [0.15, 0.2) is 43.9 Å². The smallest absolute Gasteiger partial charge is 0.387 e. The average Bonchev–Trinajstić information content (AvgIpc) is 2.66. The third-order valence-corrected chi connectivity index (χ3v) is 3.93. The van der Waals surface area contributed by atoms with Crippen molar-refractivity contribution in [1.82, 2.24) is 0 Å². The second-order valence-corrected chi connectivity index (χ2v) is 5.17. The zero-order valence-corrected chi connectivity index (χ0v) is 12.7. The molecule has 2 aromatic rings. The number of halogens is 4. The van der Waals surface area contributed by atoms with Crippen LogP contribution in [0.4, 0.5) is 14.5 Å². The Kier molecular flexibility index (Phi) is 4.81. The Hall–Kier alpha value is -1.08. The Morgan fingerprint density at radius 1 is 1.26 bits per heavy atom. The molecule has 3 nitrogen and oxygen atoms in total. The third kappa shape index (κ3) is 4.21. The lowest BCUT2D eigenvalue weighted by atomic mass is 10.3. The van der Waals surface area contributed by atoms with E-state index in [9.17, 15) is 8.78 Å². The molecule has 0 saturated heterocycles. The summed E-state index contributed by atoms with van der Waals surface area (Å²) in [4.78, 5) is 0. The van der Waals surface area contributed by atoms with Gasteiger partial charge in [0, 0.05) is 11.8 Å². The first-order chi connectivity index (χ1) is 9.04. The van der Waals surface area contributed by atoms with Crippen molar-refractivity contribution in [3.63, 3.8) is 0 Å². The number of hydrogen-bond acceptors (Lipinski definition) is 3. The van der Waals surface area contributed by atoms with Crippen molar-refractivity contribution in [3.05, 3.63) is 45.2 Å². The van der Waals surface area contributed by atoms with E-state index < -0.39 is 6.61 Å². The molecule has 1 aromatic heterocycles. The zero-order valence-electron chi connectivity index (χ0n) is 9.50. The molecule has 0 radical (unpaired) electrons. The van der Waals surface area contributed by atoms with Crippen molar-refractivity contribution in [3.8, 4) is 5.75 Å². The number of anilines is 1. The van der Waals surface area contributed by atoms with Crippen LogP contribution < -0.4 is 10.1 Å². The number of furan rings is 1. The van der Waals surface area contributed by atoms with Crippen LogP contribution in [-0.4, -0.2) is 6.61 Å². The molecule has 19 heavy (non-hydrogen) atoms. The number of benzene rings is 1. The van der Waals surface area contributed by atoms with Crippen molar-refractivity contribution in [2.24, 2.45) is 0 Å². The lowest BCUT2D eigenvalue weighted by molar-refractivity contribution is -0.0498. The molecule has 0 saturated carbocycles. The van der Waals surface area contributed by atoms with Gasteiger partial charge in [-0.15, -0.1) is 0 Å². The molecule has 1 heterocycles. The molecule has 1 aromatic carbocycles. The predicted molar refractivity (Wildman–Crippen MR) is 74.5 cm³/mol. The number of alkyl halides is 2. The van der Waals surface area contributed by atoms with Gasteiger partial charge < -0.3 is 14.5 Å². The quantitative estimate of drug-likeness (QED) is 0.770. The monoisotopic (exact) mass is 395 g/mol. The number of ether oxygens (including phenoxy) is 1. The number of nitrogens with one attached hydrogen (secondary N) is 1. The van der Waals surface area contributed by atoms with Gasteiger partial charge in [0.15, 0.2) is 4.67 Å². The minimum Gasteiger partial charge on any atom is -0.451 e. The van der Waals surface area contributed by atoms with Gasteiger partial charge in [-0.05, 0) is 50.1 Å². The van der Waals surface area contributed by atoms with Crippen LogP contribution in [0.1, 0.15) is 5.76 Å². The van der Waals surface area contributed by atoms with E-state index in [1.165, 1.54) is 12.1 Å². The summed E-state index contributed by atoms with van der Waals surface area (Å²) in [6.07, 6.45) is 0. The van der Waals surface area contributed by atoms with Crippen molar-refractivity contribution < 1.29 is 17.9 Å². The van der Waals surface area contributed by atoms with Gasteiger partial charge in [-0.1, -0.05) is 6.07 Å². The standard InChI is InChI=1S/C12H9Br2F2NO2/c13-10-5-9(18-11(10)14)6-17-7-2-1-3-8(4-7)19-12(15)16/h1-5,12,17H,6H2. The summed E-state index contributed by atoms with van der Waals surface area (Å²) >= 11 is 6.55. The van der Waals surface area contributed by atoms with E-state index in [0.717, 1.165) is 4.47 Å². The van der Waals surface area contributed by atoms with Crippen molar-refractivity contribution in [1.29, 1.82) is 0 Å². The van der Waals surface area contributed by atoms with Gasteiger partial charge in [0.1, 0.15) is 11.5 Å². The Morgan fingerprint density at radius 2 is 2.05 bits per heavy atom. The van der Waals surface area contributed by atoms with E-state index in [1.807, 2.05) is 6.07 Å². The summed E-state index contributed by atoms with van der Waals surface area (Å²) in [7, 11) is 0. The molecule has 0 aliphatic carbocycles. The van der Waals surface area contributed by atoms with Crippen LogP contribution in [0, 0.1) is 0 Å². The molecule has 0 atom stereocenters. The molecule has 0 unspecified atom stereocenters. The molecule has 0 bridgehead atoms. The van der Waals surface area contributed by atoms with Crippen molar-refractivity contribution in [2.75, 3.05) is 5.32 Å². The van der Waals surface area contributed by atoms with Crippen LogP contribution in [0.25, 0.3) is 0 Å². The minimum absolute atomic E-state index is 0.113. The maximum atomic E-state index is 12.1. The maximum Gasteiger partial charge on any atom is 0.387 e. The topological polar surface area (TPSA) is 34.4 Å². The number of rotatable bonds is 5. The Balaban J connectivity index is 1.99. The highest BCUT2D eigenvalue weighted by Crippen LogP contribution is 2.27. The molecule has 1 N–H and O–H groups in total. The fourth-order valence-corrected chi connectivity index (χ4v) is 2.11. The second-order valence-electron chi connectivity index (χ2n) is 3.59. The lowest BCUT2D eigenvalue weighted by Crippen LogP contribution is -2.03. The van der Waals surface area contributed by atoms with Crippen molar-refractivity contribution >= 4 is 37.5 Å². The summed E-state index contributed by atoms with van der Waals surface area (Å²) < 4.78 is 35.3. The second kappa shape index (κ2) is 6.38. The zero-order chi connectivity index (χ0) is 13.8. The van der Waals surface area contributed by atoms with Crippen LogP contribution >= 0.6 is 31.9 Å². The van der Waals surface area contributed by atoms with E-state index in [1.54, 1.807) is 12.1 Å². The number of hydrogen-bond donors (Lipinski definition) is 1. The largest absolute Gasteiger partial charge is 0.451 e. The SMILES string of the molecule is FC(F)Oc1cccc(NCc2cc(Br)c(Br)o2)c1. The van der Waals surface area contributed by atoms with E-state index in [-0.39, 0.29) is 5.75 Å². The molecule has 2 rings (SSSR count). The van der Waals surface area contributed by atoms with Gasteiger partial charge in [0.2, 0.25) is 0 Å². The summed E-state index contributed by atoms with van der Waals surface area (Å²) in [5.41, 5.74) is 0.668. The molecule has 0 aliphatic heterocycles. The van der Waals surface area contributed by atoms with Crippen molar-refractivity contribution in [2.45, 2.75) is 13.2 Å². The first kappa shape index (κ1) is 14.3. The lowest BCUT2D eigenvalue weighted by Gasteiger charge is -2.08. The highest BCUT2D eigenvalue weighted by molar-refractivity contribution is 9.13. The van der Waals surface area contributed by atoms with E-state index in [0.29, 0.717) is 22.7 Å². The first-order valence-corrected chi connectivity index (χ1v) is 6.85. The maximum absolute atomic E-state index is 12.1. The highest BCUT2D eigenvalue weighted by Gasteiger charge is 2.07. The van der Waals surface area contributed by atoms with Crippen LogP contribution in [0.5, 0.6) is 5.75 Å². The molecule has 0 fully saturated rings. The molecule has 102 valence electrons. The highest BCUT2D eigenvalue weighted by atomic mass is 79.9. The van der Waals surface area contributed by atoms with Gasteiger partial charge in [0.05, 0.1) is 11.0 Å². The van der Waals surface area contributed by atoms with Gasteiger partial charge >= 0.3 is 6.61 Å². The summed E-state index contributed by atoms with van der Waals surface area (Å²) in [5, 5.41) is 3.05. The fourth-order valence-electron chi connectivity index (χ4n) is 1.45. The van der Waals surface area contributed by atoms with Gasteiger partial charge in [-0.2, -0.15) is 8.78 Å². The third-order valence-electron chi connectivity index (χ3n) is 2.22. The summed E-state index contributed by atoms with van der Waals surface area (Å²) in [5.74, 6) is 0.820. The molecule has 0 aliphatic rings. The predicted octanol–water partition coefficient (Wildman–Crippen LogP) is 5.02. The van der Waals surface area contributed by atoms with Crippen LogP contribution in [0.3, 0.4) is 0 Å². The van der Waals surface area contributed by atoms with Gasteiger partial charge in [0.25, 0.3) is 0 Å². The summed E-state index contributed by atoms with van der Waals surface area (Å²) in [6.45, 7) is -2.39. The van der Waals surface area contributed by atoms with E-state index in [4.69, 9.17) is 4.42 Å². The Morgan fingerprint density at radius 3 is 2.68 bits per heavy atom. The Bertz CT molecular complexity index is 541. The van der Waals surface area contributed by atoms with Crippen LogP contribution in [0.2, 0.25) is 0 Å². The Labute approximate surface area is 125 Å². The van der Waals surface area contributed by atoms with Gasteiger partial charge in [-0.3, -0.25) is 0 Å². The molecule has 0 amide bonds. The summed E-state index contributed by atoms with van der Waals surface area (Å²) in [6, 6.07) is 8.17. The van der Waals surface area contributed by atoms with E-state index in [2.05, 4.69) is 41.9 Å². The van der Waals surface area contributed by atoms with E-state index >= 15 is 0 Å². The minimum atomic E-state index is -2.83. The molecular weight excluding hydrogens is 388 g/mol. The van der Waals surface area contributed by atoms with Crippen LogP contribution in [-0.2, 0) is 6.54 Å². The fraction of sp³-hybridized carbons (Fsp3) is 0.167. The average molecular weight is 397 g/mol.